The number of hydrogen-bond donors (Lipinski definition) is 3. The van der Waals surface area contributed by atoms with E-state index in [4.69, 9.17) is 23.6 Å². The predicted octanol–water partition coefficient (Wildman–Crippen LogP) is 13.5. The SMILES string of the molecule is CCCCCCCCCCCCCCCCCCCCCCCC(=O)OC(COCCCCCCCCCCCCCCCC)COP(=O)(O)OCC(O)CO. The van der Waals surface area contributed by atoms with Gasteiger partial charge in [0.2, 0.25) is 0 Å². The molecule has 0 aromatic rings. The molecule has 10 heteroatoms. The highest BCUT2D eigenvalue weighted by Gasteiger charge is 2.26. The second kappa shape index (κ2) is 44.0. The van der Waals surface area contributed by atoms with Crippen LogP contribution in [0.25, 0.3) is 0 Å². The Kier molecular flexibility index (Phi) is 43.6. The molecule has 3 atom stereocenters. The van der Waals surface area contributed by atoms with Crippen LogP contribution in [0, 0.1) is 0 Å². The van der Waals surface area contributed by atoms with Gasteiger partial charge in [-0.2, -0.15) is 0 Å². The maximum atomic E-state index is 12.6. The highest BCUT2D eigenvalue weighted by Crippen LogP contribution is 2.43. The Morgan fingerprint density at radius 3 is 1.16 bits per heavy atom. The summed E-state index contributed by atoms with van der Waals surface area (Å²) in [7, 11) is -4.51. The Morgan fingerprint density at radius 2 is 0.804 bits per heavy atom. The number of esters is 1. The van der Waals surface area contributed by atoms with E-state index in [2.05, 4.69) is 13.8 Å². The molecule has 0 rings (SSSR count). The van der Waals surface area contributed by atoms with E-state index in [1.54, 1.807) is 0 Å². The van der Waals surface area contributed by atoms with Gasteiger partial charge in [0.05, 0.1) is 26.4 Å². The highest BCUT2D eigenvalue weighted by molar-refractivity contribution is 7.47. The fraction of sp³-hybridized carbons (Fsp3) is 0.978. The molecule has 3 N–H and O–H groups in total. The molecule has 0 bridgehead atoms. The van der Waals surface area contributed by atoms with Crippen molar-refractivity contribution in [2.75, 3.05) is 33.0 Å². The number of rotatable bonds is 47. The largest absolute Gasteiger partial charge is 0.472 e. The number of aliphatic hydroxyl groups is 2. The van der Waals surface area contributed by atoms with E-state index in [0.717, 1.165) is 32.1 Å². The lowest BCUT2D eigenvalue weighted by Gasteiger charge is -2.20. The number of aliphatic hydroxyl groups excluding tert-OH is 2. The van der Waals surface area contributed by atoms with E-state index in [9.17, 15) is 19.4 Å². The van der Waals surface area contributed by atoms with Gasteiger partial charge in [0.25, 0.3) is 0 Å². The van der Waals surface area contributed by atoms with E-state index < -0.39 is 33.2 Å². The summed E-state index contributed by atoms with van der Waals surface area (Å²) < 4.78 is 33.4. The minimum absolute atomic E-state index is 0.0583. The Balaban J connectivity index is 4.03. The molecule has 3 unspecified atom stereocenters. The number of phosphoric acid groups is 1. The van der Waals surface area contributed by atoms with Crippen LogP contribution in [0.4, 0.5) is 0 Å². The number of carbonyl (C=O) groups is 1. The molecular weight excluding hydrogens is 727 g/mol. The monoisotopic (exact) mass is 821 g/mol. The average molecular weight is 821 g/mol. The predicted molar refractivity (Wildman–Crippen MR) is 233 cm³/mol. The van der Waals surface area contributed by atoms with E-state index in [0.29, 0.717) is 6.61 Å². The van der Waals surface area contributed by atoms with Crippen LogP contribution in [-0.4, -0.2) is 66.3 Å². The van der Waals surface area contributed by atoms with Gasteiger partial charge in [0.1, 0.15) is 12.2 Å². The molecular formula is C46H93O9P. The smallest absolute Gasteiger partial charge is 0.457 e. The number of hydrogen-bond acceptors (Lipinski definition) is 8. The van der Waals surface area contributed by atoms with Gasteiger partial charge in [-0.05, 0) is 12.8 Å². The first-order valence-corrected chi connectivity index (χ1v) is 25.5. The van der Waals surface area contributed by atoms with Crippen LogP contribution in [0.15, 0.2) is 0 Å². The number of carbonyl (C=O) groups excluding carboxylic acids is 1. The maximum Gasteiger partial charge on any atom is 0.472 e. The average Bonchev–Trinajstić information content (AvgIpc) is 3.19. The van der Waals surface area contributed by atoms with Crippen molar-refractivity contribution in [3.8, 4) is 0 Å². The highest BCUT2D eigenvalue weighted by atomic mass is 31.2. The fourth-order valence-corrected chi connectivity index (χ4v) is 7.91. The van der Waals surface area contributed by atoms with Gasteiger partial charge in [0.15, 0.2) is 0 Å². The van der Waals surface area contributed by atoms with Crippen molar-refractivity contribution in [1.29, 1.82) is 0 Å². The zero-order valence-electron chi connectivity index (χ0n) is 36.9. The molecule has 0 amide bonds. The molecule has 0 aliphatic rings. The van der Waals surface area contributed by atoms with Crippen molar-refractivity contribution in [2.45, 2.75) is 257 Å². The molecule has 0 radical (unpaired) electrons. The molecule has 336 valence electrons. The van der Waals surface area contributed by atoms with Crippen molar-refractivity contribution < 1.29 is 43.0 Å². The van der Waals surface area contributed by atoms with Crippen molar-refractivity contribution in [3.63, 3.8) is 0 Å². The Hall–Kier alpha value is -0.540. The maximum absolute atomic E-state index is 12.6. The van der Waals surface area contributed by atoms with E-state index in [1.165, 1.54) is 193 Å². The molecule has 0 fully saturated rings. The third kappa shape index (κ3) is 43.0. The quantitative estimate of drug-likeness (QED) is 0.0312. The summed E-state index contributed by atoms with van der Waals surface area (Å²) in [5.41, 5.74) is 0. The topological polar surface area (TPSA) is 132 Å². The first kappa shape index (κ1) is 55.5. The molecule has 0 saturated heterocycles. The van der Waals surface area contributed by atoms with Crippen molar-refractivity contribution >= 4 is 13.8 Å². The van der Waals surface area contributed by atoms with E-state index >= 15 is 0 Å². The van der Waals surface area contributed by atoms with Gasteiger partial charge < -0.3 is 24.6 Å². The van der Waals surface area contributed by atoms with Gasteiger partial charge in [-0.15, -0.1) is 0 Å². The second-order valence-corrected chi connectivity index (χ2v) is 18.0. The van der Waals surface area contributed by atoms with E-state index in [1.807, 2.05) is 0 Å². The van der Waals surface area contributed by atoms with Crippen molar-refractivity contribution in [1.82, 2.24) is 0 Å². The summed E-state index contributed by atoms with van der Waals surface area (Å²) in [6, 6.07) is 0. The summed E-state index contributed by atoms with van der Waals surface area (Å²) in [6.07, 6.45) is 43.5. The summed E-state index contributed by atoms with van der Waals surface area (Å²) in [5.74, 6) is -0.374. The van der Waals surface area contributed by atoms with Crippen LogP contribution in [-0.2, 0) is 27.9 Å². The third-order valence-corrected chi connectivity index (χ3v) is 11.7. The summed E-state index contributed by atoms with van der Waals surface area (Å²) in [6.45, 7) is 3.59. The normalized spacial score (nSPS) is 13.9. The molecule has 9 nitrogen and oxygen atoms in total. The molecule has 0 saturated carbocycles. The van der Waals surface area contributed by atoms with E-state index in [-0.39, 0.29) is 25.6 Å². The zero-order chi connectivity index (χ0) is 41.1. The first-order chi connectivity index (χ1) is 27.3. The van der Waals surface area contributed by atoms with Crippen LogP contribution in [0.2, 0.25) is 0 Å². The Bertz CT molecular complexity index is 845. The Labute approximate surface area is 346 Å². The Morgan fingerprint density at radius 1 is 0.482 bits per heavy atom. The number of ether oxygens (including phenoxy) is 2. The van der Waals surface area contributed by atoms with Gasteiger partial charge >= 0.3 is 13.8 Å². The lowest BCUT2D eigenvalue weighted by molar-refractivity contribution is -0.154. The molecule has 56 heavy (non-hydrogen) atoms. The van der Waals surface area contributed by atoms with Crippen LogP contribution >= 0.6 is 7.82 Å². The lowest BCUT2D eigenvalue weighted by Crippen LogP contribution is -2.29. The van der Waals surface area contributed by atoms with Crippen LogP contribution in [0.3, 0.4) is 0 Å². The zero-order valence-corrected chi connectivity index (χ0v) is 37.8. The minimum Gasteiger partial charge on any atom is -0.457 e. The van der Waals surface area contributed by atoms with Crippen LogP contribution < -0.4 is 0 Å². The molecule has 0 spiro atoms. The molecule has 0 heterocycles. The standard InChI is InChI=1S/C46H93O9P/c1-3-5-7-9-11-13-15-17-19-20-21-22-23-24-25-26-28-30-32-34-36-38-46(49)55-45(43-54-56(50,51)53-41-44(48)40-47)42-52-39-37-35-33-31-29-27-18-16-14-12-10-8-6-4-2/h44-45,47-48H,3-43H2,1-2H3,(H,50,51). The third-order valence-electron chi connectivity index (χ3n) is 10.8. The van der Waals surface area contributed by atoms with Crippen LogP contribution in [0.5, 0.6) is 0 Å². The van der Waals surface area contributed by atoms with Gasteiger partial charge in [0, 0.05) is 13.0 Å². The fourth-order valence-electron chi connectivity index (χ4n) is 7.12. The van der Waals surface area contributed by atoms with Gasteiger partial charge in [-0.1, -0.05) is 226 Å². The molecule has 0 aliphatic heterocycles. The molecule has 0 aromatic heterocycles. The first-order valence-electron chi connectivity index (χ1n) is 24.0. The number of phosphoric ester groups is 1. The van der Waals surface area contributed by atoms with Gasteiger partial charge in [-0.3, -0.25) is 13.8 Å². The minimum atomic E-state index is -4.51. The summed E-state index contributed by atoms with van der Waals surface area (Å²) >= 11 is 0. The van der Waals surface area contributed by atoms with Gasteiger partial charge in [-0.25, -0.2) is 4.57 Å². The number of unbranched alkanes of at least 4 members (excludes halogenated alkanes) is 33. The lowest BCUT2D eigenvalue weighted by atomic mass is 10.0. The summed E-state index contributed by atoms with van der Waals surface area (Å²) in [4.78, 5) is 22.6. The summed E-state index contributed by atoms with van der Waals surface area (Å²) in [5, 5.41) is 18.4. The second-order valence-electron chi connectivity index (χ2n) is 16.5. The molecule has 0 aromatic carbocycles. The molecule has 0 aliphatic carbocycles. The van der Waals surface area contributed by atoms with Crippen LogP contribution in [0.1, 0.15) is 245 Å². The van der Waals surface area contributed by atoms with Crippen molar-refractivity contribution in [3.05, 3.63) is 0 Å². The van der Waals surface area contributed by atoms with Crippen molar-refractivity contribution in [2.24, 2.45) is 0 Å².